The van der Waals surface area contributed by atoms with Gasteiger partial charge < -0.3 is 5.32 Å². The van der Waals surface area contributed by atoms with Gasteiger partial charge in [0, 0.05) is 37.1 Å². The molecule has 1 N–H and O–H groups in total. The van der Waals surface area contributed by atoms with Crippen molar-refractivity contribution in [3.8, 4) is 0 Å². The third kappa shape index (κ3) is 4.40. The van der Waals surface area contributed by atoms with Crippen molar-refractivity contribution in [3.63, 3.8) is 0 Å². The summed E-state index contributed by atoms with van der Waals surface area (Å²) in [6.45, 7) is 2.81. The maximum atomic E-state index is 12.8. The lowest BCUT2D eigenvalue weighted by atomic mass is 10.0. The fourth-order valence-electron chi connectivity index (χ4n) is 2.50. The van der Waals surface area contributed by atoms with Gasteiger partial charge in [-0.3, -0.25) is 4.90 Å². The van der Waals surface area contributed by atoms with Crippen LogP contribution in [0.2, 0.25) is 0 Å². The highest BCUT2D eigenvalue weighted by Crippen LogP contribution is 2.34. The molecule has 6 heteroatoms. The number of hydrogen-bond acceptors (Lipinski definition) is 3. The van der Waals surface area contributed by atoms with E-state index >= 15 is 0 Å². The summed E-state index contributed by atoms with van der Waals surface area (Å²) in [5, 5.41) is 3.18. The van der Waals surface area contributed by atoms with Crippen molar-refractivity contribution in [1.29, 1.82) is 0 Å². The van der Waals surface area contributed by atoms with E-state index < -0.39 is 18.6 Å². The minimum absolute atomic E-state index is 0.576. The Morgan fingerprint density at radius 3 is 2.30 bits per heavy atom. The van der Waals surface area contributed by atoms with Crippen LogP contribution < -0.4 is 5.32 Å². The zero-order valence-corrected chi connectivity index (χ0v) is 12.2. The minimum atomic E-state index is -4.15. The van der Waals surface area contributed by atoms with E-state index in [1.807, 2.05) is 35.4 Å². The lowest BCUT2D eigenvalue weighted by Crippen LogP contribution is -2.46. The number of halogens is 3. The maximum Gasteiger partial charge on any atom is 0.390 e. The Labute approximate surface area is 121 Å². The second kappa shape index (κ2) is 6.83. The van der Waals surface area contributed by atoms with E-state index in [2.05, 4.69) is 5.32 Å². The maximum absolute atomic E-state index is 12.8. The SMILES string of the molecule is CSc1ccc([C@@H](CC(F)(F)F)N2CCNCC2)cc1. The first-order valence-electron chi connectivity index (χ1n) is 6.65. The fraction of sp³-hybridized carbons (Fsp3) is 0.571. The third-order valence-corrected chi connectivity index (χ3v) is 4.26. The van der Waals surface area contributed by atoms with Crippen LogP contribution in [-0.2, 0) is 0 Å². The molecule has 1 aromatic carbocycles. The van der Waals surface area contributed by atoms with Crippen LogP contribution in [0.4, 0.5) is 13.2 Å². The van der Waals surface area contributed by atoms with Crippen LogP contribution in [0.25, 0.3) is 0 Å². The molecule has 2 nitrogen and oxygen atoms in total. The van der Waals surface area contributed by atoms with E-state index in [1.54, 1.807) is 11.8 Å². The quantitative estimate of drug-likeness (QED) is 0.859. The van der Waals surface area contributed by atoms with Gasteiger partial charge in [0.05, 0.1) is 6.42 Å². The molecule has 0 radical (unpaired) electrons. The van der Waals surface area contributed by atoms with Crippen LogP contribution >= 0.6 is 11.8 Å². The highest BCUT2D eigenvalue weighted by atomic mass is 32.2. The van der Waals surface area contributed by atoms with E-state index in [9.17, 15) is 13.2 Å². The predicted octanol–water partition coefficient (Wildman–Crippen LogP) is 3.31. The number of rotatable bonds is 4. The van der Waals surface area contributed by atoms with Crippen molar-refractivity contribution in [2.45, 2.75) is 23.5 Å². The number of piperazine rings is 1. The van der Waals surface area contributed by atoms with Gasteiger partial charge in [-0.1, -0.05) is 12.1 Å². The molecule has 0 amide bonds. The average molecular weight is 304 g/mol. The number of nitrogens with zero attached hydrogens (tertiary/aromatic N) is 1. The molecule has 0 bridgehead atoms. The van der Waals surface area contributed by atoms with E-state index in [-0.39, 0.29) is 0 Å². The molecule has 2 rings (SSSR count). The summed E-state index contributed by atoms with van der Waals surface area (Å²) >= 11 is 1.59. The van der Waals surface area contributed by atoms with Crippen LogP contribution in [0.15, 0.2) is 29.2 Å². The van der Waals surface area contributed by atoms with Gasteiger partial charge in [-0.05, 0) is 24.0 Å². The largest absolute Gasteiger partial charge is 0.390 e. The predicted molar refractivity (Wildman–Crippen MR) is 76.1 cm³/mol. The van der Waals surface area contributed by atoms with Crippen LogP contribution in [-0.4, -0.2) is 43.5 Å². The molecule has 1 fully saturated rings. The second-order valence-corrected chi connectivity index (χ2v) is 5.77. The minimum Gasteiger partial charge on any atom is -0.314 e. The van der Waals surface area contributed by atoms with E-state index in [0.29, 0.717) is 13.1 Å². The Hall–Kier alpha value is -0.720. The molecule has 0 saturated carbocycles. The van der Waals surface area contributed by atoms with Gasteiger partial charge in [0.1, 0.15) is 0 Å². The van der Waals surface area contributed by atoms with E-state index in [1.165, 1.54) is 0 Å². The normalized spacial score (nSPS) is 19.0. The summed E-state index contributed by atoms with van der Waals surface area (Å²) in [7, 11) is 0. The first-order valence-corrected chi connectivity index (χ1v) is 7.87. The average Bonchev–Trinajstić information content (AvgIpc) is 2.45. The first kappa shape index (κ1) is 15.7. The summed E-state index contributed by atoms with van der Waals surface area (Å²) < 4.78 is 38.5. The van der Waals surface area contributed by atoms with Gasteiger partial charge in [0.15, 0.2) is 0 Å². The van der Waals surface area contributed by atoms with Crippen molar-refractivity contribution < 1.29 is 13.2 Å². The number of nitrogens with one attached hydrogen (secondary N) is 1. The van der Waals surface area contributed by atoms with Crippen molar-refractivity contribution in [2.75, 3.05) is 32.4 Å². The Kier molecular flexibility index (Phi) is 5.35. The highest BCUT2D eigenvalue weighted by Gasteiger charge is 2.35. The zero-order chi connectivity index (χ0) is 14.6. The zero-order valence-electron chi connectivity index (χ0n) is 11.4. The molecular formula is C14H19F3N2S. The molecular weight excluding hydrogens is 285 g/mol. The van der Waals surface area contributed by atoms with Gasteiger partial charge in [0.2, 0.25) is 0 Å². The Morgan fingerprint density at radius 1 is 1.20 bits per heavy atom. The van der Waals surface area contributed by atoms with Gasteiger partial charge >= 0.3 is 6.18 Å². The molecule has 1 aromatic rings. The molecule has 112 valence electrons. The van der Waals surface area contributed by atoms with Gasteiger partial charge in [-0.25, -0.2) is 0 Å². The number of benzene rings is 1. The van der Waals surface area contributed by atoms with Crippen LogP contribution in [0.3, 0.4) is 0 Å². The summed E-state index contributed by atoms with van der Waals surface area (Å²) in [5.74, 6) is 0. The van der Waals surface area contributed by atoms with Crippen LogP contribution in [0.1, 0.15) is 18.0 Å². The third-order valence-electron chi connectivity index (χ3n) is 3.52. The molecule has 1 saturated heterocycles. The first-order chi connectivity index (χ1) is 9.49. The molecule has 20 heavy (non-hydrogen) atoms. The molecule has 0 spiro atoms. The second-order valence-electron chi connectivity index (χ2n) is 4.89. The molecule has 0 aromatic heterocycles. The topological polar surface area (TPSA) is 15.3 Å². The van der Waals surface area contributed by atoms with Crippen molar-refractivity contribution in [2.24, 2.45) is 0 Å². The molecule has 1 aliphatic heterocycles. The van der Waals surface area contributed by atoms with Gasteiger partial charge in [0.25, 0.3) is 0 Å². The molecule has 1 heterocycles. The summed E-state index contributed by atoms with van der Waals surface area (Å²) in [4.78, 5) is 3.00. The highest BCUT2D eigenvalue weighted by molar-refractivity contribution is 7.98. The lowest BCUT2D eigenvalue weighted by Gasteiger charge is -2.35. The molecule has 1 atom stereocenters. The van der Waals surface area contributed by atoms with Crippen molar-refractivity contribution >= 4 is 11.8 Å². The number of thioether (sulfide) groups is 1. The van der Waals surface area contributed by atoms with Gasteiger partial charge in [-0.2, -0.15) is 13.2 Å². The van der Waals surface area contributed by atoms with Crippen LogP contribution in [0.5, 0.6) is 0 Å². The van der Waals surface area contributed by atoms with Crippen LogP contribution in [0, 0.1) is 0 Å². The monoisotopic (exact) mass is 304 g/mol. The van der Waals surface area contributed by atoms with Crippen molar-refractivity contribution in [3.05, 3.63) is 29.8 Å². The summed E-state index contributed by atoms with van der Waals surface area (Å²) in [5.41, 5.74) is 0.752. The molecule has 1 aliphatic rings. The molecule has 0 unspecified atom stereocenters. The van der Waals surface area contributed by atoms with E-state index in [4.69, 9.17) is 0 Å². The van der Waals surface area contributed by atoms with Crippen molar-refractivity contribution in [1.82, 2.24) is 10.2 Å². The summed E-state index contributed by atoms with van der Waals surface area (Å²) in [6, 6.07) is 6.86. The Balaban J connectivity index is 2.19. The number of alkyl halides is 3. The number of hydrogen-bond donors (Lipinski definition) is 1. The summed E-state index contributed by atoms with van der Waals surface area (Å²) in [6.07, 6.45) is -2.97. The fourth-order valence-corrected chi connectivity index (χ4v) is 2.91. The Morgan fingerprint density at radius 2 is 1.80 bits per heavy atom. The smallest absolute Gasteiger partial charge is 0.314 e. The standard InChI is InChI=1S/C14H19F3N2S/c1-20-12-4-2-11(3-5-12)13(10-14(15,16)17)19-8-6-18-7-9-19/h2-5,13,18H,6-10H2,1H3/t13-/m1/s1. The van der Waals surface area contributed by atoms with E-state index in [0.717, 1.165) is 23.5 Å². The van der Waals surface area contributed by atoms with Gasteiger partial charge in [-0.15, -0.1) is 11.8 Å². The molecule has 0 aliphatic carbocycles. The Bertz CT molecular complexity index is 413. The lowest BCUT2D eigenvalue weighted by molar-refractivity contribution is -0.148.